The predicted octanol–water partition coefficient (Wildman–Crippen LogP) is 1.46. The van der Waals surface area contributed by atoms with Gasteiger partial charge < -0.3 is 5.73 Å². The van der Waals surface area contributed by atoms with Crippen molar-refractivity contribution in [1.29, 1.82) is 0 Å². The lowest BCUT2D eigenvalue weighted by Crippen LogP contribution is -2.30. The fourth-order valence-electron chi connectivity index (χ4n) is 1.73. The zero-order chi connectivity index (χ0) is 13.0. The molecular weight excluding hydrogens is 250 g/mol. The van der Waals surface area contributed by atoms with Crippen LogP contribution in [0, 0.1) is 0 Å². The molecule has 0 saturated carbocycles. The van der Waals surface area contributed by atoms with Crippen molar-refractivity contribution >= 4 is 17.4 Å². The Kier molecular flexibility index (Phi) is 4.09. The number of nitrogen functional groups attached to an aromatic ring is 1. The lowest BCUT2D eigenvalue weighted by Gasteiger charge is -2.17. The summed E-state index contributed by atoms with van der Waals surface area (Å²) < 4.78 is 0. The van der Waals surface area contributed by atoms with Gasteiger partial charge in [-0.25, -0.2) is 4.98 Å². The van der Waals surface area contributed by atoms with Crippen LogP contribution in [0.25, 0.3) is 0 Å². The minimum Gasteiger partial charge on any atom is -0.383 e. The molecule has 0 aromatic carbocycles. The summed E-state index contributed by atoms with van der Waals surface area (Å²) in [6.45, 7) is 0. The molecule has 0 aliphatic rings. The van der Waals surface area contributed by atoms with Gasteiger partial charge in [0.05, 0.1) is 11.1 Å². The highest BCUT2D eigenvalue weighted by Crippen LogP contribution is 2.24. The average Bonchev–Trinajstić information content (AvgIpc) is 2.40. The molecule has 2 aromatic rings. The van der Waals surface area contributed by atoms with E-state index in [1.165, 1.54) is 6.20 Å². The van der Waals surface area contributed by atoms with Crippen LogP contribution in [-0.2, 0) is 6.42 Å². The van der Waals surface area contributed by atoms with Gasteiger partial charge in [0, 0.05) is 30.1 Å². The minimum atomic E-state index is -0.175. The van der Waals surface area contributed by atoms with Gasteiger partial charge in [0.2, 0.25) is 0 Å². The molecule has 0 fully saturated rings. The number of halogens is 1. The Bertz CT molecular complexity index is 517. The number of nitrogens with two attached hydrogens (primary N) is 2. The summed E-state index contributed by atoms with van der Waals surface area (Å²) >= 11 is 5.92. The van der Waals surface area contributed by atoms with Crippen LogP contribution in [0.1, 0.15) is 17.3 Å². The van der Waals surface area contributed by atoms with Crippen LogP contribution in [0.4, 0.5) is 5.82 Å². The normalized spacial score (nSPS) is 12.3. The summed E-state index contributed by atoms with van der Waals surface area (Å²) in [5.74, 6) is 5.98. The SMILES string of the molecule is NNC(Cc1ccccn1)c1cc(Cl)cnc1N. The van der Waals surface area contributed by atoms with E-state index >= 15 is 0 Å². The van der Waals surface area contributed by atoms with E-state index in [0.29, 0.717) is 17.3 Å². The van der Waals surface area contributed by atoms with Gasteiger partial charge in [0.1, 0.15) is 5.82 Å². The quantitative estimate of drug-likeness (QED) is 0.574. The van der Waals surface area contributed by atoms with Gasteiger partial charge in [0.15, 0.2) is 0 Å². The first kappa shape index (κ1) is 12.8. The largest absolute Gasteiger partial charge is 0.383 e. The van der Waals surface area contributed by atoms with E-state index < -0.39 is 0 Å². The van der Waals surface area contributed by atoms with E-state index in [2.05, 4.69) is 15.4 Å². The van der Waals surface area contributed by atoms with Crippen molar-refractivity contribution in [3.05, 3.63) is 52.9 Å². The molecule has 2 aromatic heterocycles. The number of hydrogen-bond acceptors (Lipinski definition) is 5. The fourth-order valence-corrected chi connectivity index (χ4v) is 1.90. The molecule has 5 N–H and O–H groups in total. The van der Waals surface area contributed by atoms with Crippen LogP contribution in [-0.4, -0.2) is 9.97 Å². The summed E-state index contributed by atoms with van der Waals surface area (Å²) in [5.41, 5.74) is 10.2. The lowest BCUT2D eigenvalue weighted by atomic mass is 10.0. The minimum absolute atomic E-state index is 0.175. The number of nitrogens with one attached hydrogen (secondary N) is 1. The third kappa shape index (κ3) is 2.95. The van der Waals surface area contributed by atoms with Crippen molar-refractivity contribution in [2.24, 2.45) is 5.84 Å². The number of aromatic nitrogens is 2. The Morgan fingerprint density at radius 3 is 2.83 bits per heavy atom. The van der Waals surface area contributed by atoms with E-state index in [1.54, 1.807) is 12.3 Å². The predicted molar refractivity (Wildman–Crippen MR) is 71.7 cm³/mol. The summed E-state index contributed by atoms with van der Waals surface area (Å²) in [6, 6.07) is 7.31. The Morgan fingerprint density at radius 2 is 2.17 bits per heavy atom. The second-order valence-electron chi connectivity index (χ2n) is 3.87. The maximum absolute atomic E-state index is 5.92. The van der Waals surface area contributed by atoms with E-state index in [9.17, 15) is 0 Å². The highest BCUT2D eigenvalue weighted by atomic mass is 35.5. The van der Waals surface area contributed by atoms with Crippen LogP contribution in [0.15, 0.2) is 36.7 Å². The first-order valence-electron chi connectivity index (χ1n) is 5.47. The average molecular weight is 264 g/mol. The summed E-state index contributed by atoms with van der Waals surface area (Å²) in [6.07, 6.45) is 3.86. The monoisotopic (exact) mass is 263 g/mol. The van der Waals surface area contributed by atoms with Crippen molar-refractivity contribution in [2.45, 2.75) is 12.5 Å². The molecule has 0 spiro atoms. The van der Waals surface area contributed by atoms with Crippen LogP contribution >= 0.6 is 11.6 Å². The first-order valence-corrected chi connectivity index (χ1v) is 5.85. The number of nitrogens with zero attached hydrogens (tertiary/aromatic N) is 2. The lowest BCUT2D eigenvalue weighted by molar-refractivity contribution is 0.546. The molecule has 0 aliphatic heterocycles. The molecule has 0 radical (unpaired) electrons. The number of anilines is 1. The van der Waals surface area contributed by atoms with Gasteiger partial charge in [-0.15, -0.1) is 0 Å². The second kappa shape index (κ2) is 5.77. The standard InChI is InChI=1S/C12H14ClN5/c13-8-5-10(12(14)17-7-8)11(18-15)6-9-3-1-2-4-16-9/h1-5,7,11,18H,6,15H2,(H2,14,17). The molecule has 0 saturated heterocycles. The van der Waals surface area contributed by atoms with Gasteiger partial charge in [0.25, 0.3) is 0 Å². The molecular formula is C12H14ClN5. The number of hydrazine groups is 1. The molecule has 5 nitrogen and oxygen atoms in total. The third-order valence-corrected chi connectivity index (χ3v) is 2.84. The van der Waals surface area contributed by atoms with Crippen molar-refractivity contribution < 1.29 is 0 Å². The van der Waals surface area contributed by atoms with Crippen molar-refractivity contribution in [3.8, 4) is 0 Å². The van der Waals surface area contributed by atoms with E-state index in [1.807, 2.05) is 18.2 Å². The van der Waals surface area contributed by atoms with E-state index in [-0.39, 0.29) is 6.04 Å². The van der Waals surface area contributed by atoms with Gasteiger partial charge in [-0.2, -0.15) is 0 Å². The highest BCUT2D eigenvalue weighted by molar-refractivity contribution is 6.30. The zero-order valence-electron chi connectivity index (χ0n) is 9.68. The maximum Gasteiger partial charge on any atom is 0.128 e. The topological polar surface area (TPSA) is 89.8 Å². The molecule has 0 amide bonds. The maximum atomic E-state index is 5.92. The van der Waals surface area contributed by atoms with Crippen LogP contribution < -0.4 is 17.0 Å². The number of rotatable bonds is 4. The van der Waals surface area contributed by atoms with Crippen LogP contribution in [0.2, 0.25) is 5.02 Å². The molecule has 2 heterocycles. The Labute approximate surface area is 110 Å². The Hall–Kier alpha value is -1.69. The first-order chi connectivity index (χ1) is 8.70. The van der Waals surface area contributed by atoms with Gasteiger partial charge >= 0.3 is 0 Å². The second-order valence-corrected chi connectivity index (χ2v) is 4.31. The zero-order valence-corrected chi connectivity index (χ0v) is 10.4. The smallest absolute Gasteiger partial charge is 0.128 e. The summed E-state index contributed by atoms with van der Waals surface area (Å²) in [7, 11) is 0. The molecule has 2 rings (SSSR count). The van der Waals surface area contributed by atoms with Gasteiger partial charge in [-0.05, 0) is 18.2 Å². The van der Waals surface area contributed by atoms with Crippen molar-refractivity contribution in [3.63, 3.8) is 0 Å². The summed E-state index contributed by atoms with van der Waals surface area (Å²) in [4.78, 5) is 8.27. The number of pyridine rings is 2. The Morgan fingerprint density at radius 1 is 1.33 bits per heavy atom. The van der Waals surface area contributed by atoms with E-state index in [0.717, 1.165) is 11.3 Å². The molecule has 6 heteroatoms. The fraction of sp³-hybridized carbons (Fsp3) is 0.167. The molecule has 1 unspecified atom stereocenters. The van der Waals surface area contributed by atoms with Gasteiger partial charge in [-0.3, -0.25) is 16.3 Å². The van der Waals surface area contributed by atoms with Crippen molar-refractivity contribution in [2.75, 3.05) is 5.73 Å². The Balaban J connectivity index is 2.26. The molecule has 0 aliphatic carbocycles. The molecule has 94 valence electrons. The van der Waals surface area contributed by atoms with E-state index in [4.69, 9.17) is 23.2 Å². The number of hydrogen-bond donors (Lipinski definition) is 3. The van der Waals surface area contributed by atoms with Crippen LogP contribution in [0.3, 0.4) is 0 Å². The van der Waals surface area contributed by atoms with Crippen LogP contribution in [0.5, 0.6) is 0 Å². The highest BCUT2D eigenvalue weighted by Gasteiger charge is 2.15. The summed E-state index contributed by atoms with van der Waals surface area (Å²) in [5, 5.41) is 0.528. The molecule has 1 atom stereocenters. The van der Waals surface area contributed by atoms with Gasteiger partial charge in [-0.1, -0.05) is 17.7 Å². The molecule has 18 heavy (non-hydrogen) atoms. The molecule has 0 bridgehead atoms. The third-order valence-electron chi connectivity index (χ3n) is 2.63. The van der Waals surface area contributed by atoms with Crippen molar-refractivity contribution in [1.82, 2.24) is 15.4 Å².